The van der Waals surface area contributed by atoms with E-state index in [9.17, 15) is 4.79 Å². The molecule has 1 amide bonds. The zero-order valence-corrected chi connectivity index (χ0v) is 17.2. The summed E-state index contributed by atoms with van der Waals surface area (Å²) in [5.74, 6) is 0.881. The number of carbonyl (C=O) groups is 1. The summed E-state index contributed by atoms with van der Waals surface area (Å²) >= 11 is 6.15. The second-order valence-corrected chi connectivity index (χ2v) is 7.04. The number of ether oxygens (including phenoxy) is 2. The molecule has 0 aliphatic rings. The lowest BCUT2D eigenvalue weighted by Crippen LogP contribution is -2.13. The van der Waals surface area contributed by atoms with Gasteiger partial charge in [-0.1, -0.05) is 41.9 Å². The van der Waals surface area contributed by atoms with Gasteiger partial charge >= 0.3 is 0 Å². The summed E-state index contributed by atoms with van der Waals surface area (Å²) in [6.07, 6.45) is 0. The monoisotopic (exact) mass is 418 g/mol. The highest BCUT2D eigenvalue weighted by atomic mass is 35.5. The molecule has 0 unspecified atom stereocenters. The molecule has 0 aliphatic heterocycles. The highest BCUT2D eigenvalue weighted by Crippen LogP contribution is 2.31. The van der Waals surface area contributed by atoms with Crippen LogP contribution < -0.4 is 14.8 Å². The number of fused-ring (bicyclic) bond motifs is 1. The van der Waals surface area contributed by atoms with Crippen LogP contribution in [0.5, 0.6) is 11.5 Å². The Morgan fingerprint density at radius 3 is 2.47 bits per heavy atom. The average molecular weight is 419 g/mol. The summed E-state index contributed by atoms with van der Waals surface area (Å²) < 4.78 is 10.6. The number of carbonyl (C=O) groups excluding carboxylic acids is 1. The van der Waals surface area contributed by atoms with E-state index in [4.69, 9.17) is 26.1 Å². The molecule has 1 N–H and O–H groups in total. The molecular formula is C24H19ClN2O3. The standard InChI is InChI=1S/C24H19ClN2O3/c1-29-22-11-10-17(13-23(22)30-2)26-24(28)19-14-21(15-6-5-7-16(25)12-15)27-20-9-4-3-8-18(19)20/h3-14H,1-2H3,(H,26,28). The lowest BCUT2D eigenvalue weighted by atomic mass is 10.0. The third-order valence-electron chi connectivity index (χ3n) is 4.72. The fraction of sp³-hybridized carbons (Fsp3) is 0.0833. The first kappa shape index (κ1) is 19.7. The number of pyridine rings is 1. The van der Waals surface area contributed by atoms with Crippen molar-refractivity contribution in [3.63, 3.8) is 0 Å². The van der Waals surface area contributed by atoms with Gasteiger partial charge in [-0.05, 0) is 36.4 Å². The lowest BCUT2D eigenvalue weighted by Gasteiger charge is -2.13. The molecule has 0 radical (unpaired) electrons. The molecule has 30 heavy (non-hydrogen) atoms. The Morgan fingerprint density at radius 2 is 1.70 bits per heavy atom. The molecule has 0 atom stereocenters. The average Bonchev–Trinajstić information content (AvgIpc) is 2.78. The van der Waals surface area contributed by atoms with E-state index in [0.29, 0.717) is 33.5 Å². The minimum Gasteiger partial charge on any atom is -0.493 e. The second kappa shape index (κ2) is 8.43. The Labute approximate surface area is 179 Å². The smallest absolute Gasteiger partial charge is 0.256 e. The van der Waals surface area contributed by atoms with E-state index < -0.39 is 0 Å². The Kier molecular flexibility index (Phi) is 5.55. The Hall–Kier alpha value is -3.57. The molecule has 5 nitrogen and oxygen atoms in total. The first-order chi connectivity index (χ1) is 14.6. The van der Waals surface area contributed by atoms with E-state index in [0.717, 1.165) is 16.5 Å². The molecule has 0 spiro atoms. The van der Waals surface area contributed by atoms with Crippen LogP contribution in [0.25, 0.3) is 22.2 Å². The zero-order valence-electron chi connectivity index (χ0n) is 16.5. The van der Waals surface area contributed by atoms with Crippen molar-refractivity contribution < 1.29 is 14.3 Å². The first-order valence-corrected chi connectivity index (χ1v) is 9.66. The number of para-hydroxylation sites is 1. The predicted octanol–water partition coefficient (Wildman–Crippen LogP) is 5.82. The quantitative estimate of drug-likeness (QED) is 0.443. The number of nitrogens with zero attached hydrogens (tertiary/aromatic N) is 1. The summed E-state index contributed by atoms with van der Waals surface area (Å²) in [7, 11) is 3.12. The fourth-order valence-corrected chi connectivity index (χ4v) is 3.46. The van der Waals surface area contributed by atoms with Gasteiger partial charge in [-0.3, -0.25) is 4.79 Å². The number of halogens is 1. The SMILES string of the molecule is COc1ccc(NC(=O)c2cc(-c3cccc(Cl)c3)nc3ccccc23)cc1OC. The van der Waals surface area contributed by atoms with Gasteiger partial charge in [0.2, 0.25) is 0 Å². The molecule has 0 bridgehead atoms. The van der Waals surface area contributed by atoms with Crippen molar-refractivity contribution in [3.05, 3.63) is 83.4 Å². The van der Waals surface area contributed by atoms with Gasteiger partial charge in [-0.15, -0.1) is 0 Å². The van der Waals surface area contributed by atoms with Crippen molar-refractivity contribution in [2.75, 3.05) is 19.5 Å². The van der Waals surface area contributed by atoms with Gasteiger partial charge in [0.25, 0.3) is 5.91 Å². The number of hydrogen-bond acceptors (Lipinski definition) is 4. The first-order valence-electron chi connectivity index (χ1n) is 9.28. The Bertz CT molecular complexity index is 1240. The lowest BCUT2D eigenvalue weighted by molar-refractivity contribution is 0.102. The van der Waals surface area contributed by atoms with Gasteiger partial charge in [0.1, 0.15) is 0 Å². The molecule has 0 aliphatic carbocycles. The summed E-state index contributed by atoms with van der Waals surface area (Å²) in [6.45, 7) is 0. The number of rotatable bonds is 5. The predicted molar refractivity (Wildman–Crippen MR) is 120 cm³/mol. The van der Waals surface area contributed by atoms with E-state index in [1.807, 2.05) is 42.5 Å². The molecule has 4 rings (SSSR count). The maximum atomic E-state index is 13.2. The number of hydrogen-bond donors (Lipinski definition) is 1. The Morgan fingerprint density at radius 1 is 0.900 bits per heavy atom. The molecular weight excluding hydrogens is 400 g/mol. The number of nitrogens with one attached hydrogen (secondary N) is 1. The molecule has 4 aromatic rings. The number of methoxy groups -OCH3 is 2. The van der Waals surface area contributed by atoms with Crippen LogP contribution in [0.4, 0.5) is 5.69 Å². The Balaban J connectivity index is 1.76. The van der Waals surface area contributed by atoms with E-state index in [1.54, 1.807) is 44.6 Å². The molecule has 0 saturated heterocycles. The van der Waals surface area contributed by atoms with Gasteiger partial charge in [-0.2, -0.15) is 0 Å². The van der Waals surface area contributed by atoms with E-state index in [-0.39, 0.29) is 5.91 Å². The highest BCUT2D eigenvalue weighted by Gasteiger charge is 2.15. The third kappa shape index (κ3) is 3.93. The summed E-state index contributed by atoms with van der Waals surface area (Å²) in [5.41, 5.74) is 3.36. The van der Waals surface area contributed by atoms with Crippen LogP contribution in [0.2, 0.25) is 5.02 Å². The van der Waals surface area contributed by atoms with Gasteiger partial charge in [0, 0.05) is 27.7 Å². The summed E-state index contributed by atoms with van der Waals surface area (Å²) in [5, 5.41) is 4.31. The zero-order chi connectivity index (χ0) is 21.1. The number of amides is 1. The molecule has 150 valence electrons. The van der Waals surface area contributed by atoms with Crippen LogP contribution in [0.1, 0.15) is 10.4 Å². The molecule has 0 saturated carbocycles. The second-order valence-electron chi connectivity index (χ2n) is 6.61. The van der Waals surface area contributed by atoms with Crippen LogP contribution in [0.3, 0.4) is 0 Å². The van der Waals surface area contributed by atoms with Crippen molar-refractivity contribution in [2.24, 2.45) is 0 Å². The largest absolute Gasteiger partial charge is 0.493 e. The highest BCUT2D eigenvalue weighted by molar-refractivity contribution is 6.30. The number of aromatic nitrogens is 1. The molecule has 3 aromatic carbocycles. The van der Waals surface area contributed by atoms with Gasteiger partial charge in [0.05, 0.1) is 31.0 Å². The normalized spacial score (nSPS) is 10.6. The van der Waals surface area contributed by atoms with Gasteiger partial charge < -0.3 is 14.8 Å². The maximum Gasteiger partial charge on any atom is 0.256 e. The van der Waals surface area contributed by atoms with Crippen molar-refractivity contribution in [1.82, 2.24) is 4.98 Å². The van der Waals surface area contributed by atoms with Crippen LogP contribution in [0.15, 0.2) is 72.8 Å². The fourth-order valence-electron chi connectivity index (χ4n) is 3.27. The van der Waals surface area contributed by atoms with Crippen molar-refractivity contribution in [1.29, 1.82) is 0 Å². The van der Waals surface area contributed by atoms with E-state index in [1.165, 1.54) is 0 Å². The van der Waals surface area contributed by atoms with Crippen LogP contribution >= 0.6 is 11.6 Å². The minimum absolute atomic E-state index is 0.246. The van der Waals surface area contributed by atoms with Crippen LogP contribution in [0, 0.1) is 0 Å². The minimum atomic E-state index is -0.246. The van der Waals surface area contributed by atoms with E-state index in [2.05, 4.69) is 5.32 Å². The molecule has 6 heteroatoms. The van der Waals surface area contributed by atoms with Crippen molar-refractivity contribution in [3.8, 4) is 22.8 Å². The maximum absolute atomic E-state index is 13.2. The van der Waals surface area contributed by atoms with Crippen LogP contribution in [-0.4, -0.2) is 25.1 Å². The third-order valence-corrected chi connectivity index (χ3v) is 4.96. The van der Waals surface area contributed by atoms with Crippen LogP contribution in [-0.2, 0) is 0 Å². The number of anilines is 1. The van der Waals surface area contributed by atoms with E-state index >= 15 is 0 Å². The van der Waals surface area contributed by atoms with Crippen molar-refractivity contribution in [2.45, 2.75) is 0 Å². The molecule has 1 heterocycles. The number of benzene rings is 3. The topological polar surface area (TPSA) is 60.5 Å². The summed E-state index contributed by atoms with van der Waals surface area (Å²) in [6, 6.07) is 22.0. The molecule has 0 fully saturated rings. The van der Waals surface area contributed by atoms with Gasteiger partial charge in [0.15, 0.2) is 11.5 Å². The summed E-state index contributed by atoms with van der Waals surface area (Å²) in [4.78, 5) is 17.9. The van der Waals surface area contributed by atoms with Crippen molar-refractivity contribution >= 4 is 34.1 Å². The van der Waals surface area contributed by atoms with Gasteiger partial charge in [-0.25, -0.2) is 4.98 Å². The molecule has 1 aromatic heterocycles.